The molecule has 0 aliphatic rings. The first-order valence-corrected chi connectivity index (χ1v) is 5.73. The summed E-state index contributed by atoms with van der Waals surface area (Å²) in [6.45, 7) is 0. The van der Waals surface area contributed by atoms with Crippen LogP contribution in [0.2, 0.25) is 0 Å². The van der Waals surface area contributed by atoms with Gasteiger partial charge in [-0.15, -0.1) is 0 Å². The number of nitrogens with zero attached hydrogens (tertiary/aromatic N) is 3. The molecule has 0 aromatic heterocycles. The molecule has 0 heterocycles. The van der Waals surface area contributed by atoms with Crippen LogP contribution in [0.3, 0.4) is 0 Å². The van der Waals surface area contributed by atoms with E-state index in [2.05, 4.69) is 10.5 Å². The van der Waals surface area contributed by atoms with Gasteiger partial charge in [-0.1, -0.05) is 12.1 Å². The minimum atomic E-state index is -0.455. The Bertz CT molecular complexity index is 670. The number of non-ortho nitro benzene ring substituents is 1. The van der Waals surface area contributed by atoms with Crippen molar-refractivity contribution in [1.29, 1.82) is 5.26 Å². The lowest BCUT2D eigenvalue weighted by molar-refractivity contribution is -0.384. The molecule has 2 aromatic carbocycles. The van der Waals surface area contributed by atoms with Crippen molar-refractivity contribution in [3.8, 4) is 6.07 Å². The van der Waals surface area contributed by atoms with Gasteiger partial charge in [-0.05, 0) is 29.8 Å². The van der Waals surface area contributed by atoms with E-state index in [-0.39, 0.29) is 5.69 Å². The summed E-state index contributed by atoms with van der Waals surface area (Å²) in [6.07, 6.45) is 1.60. The van der Waals surface area contributed by atoms with E-state index in [1.54, 1.807) is 42.6 Å². The van der Waals surface area contributed by atoms with Crippen molar-refractivity contribution >= 4 is 17.6 Å². The zero-order chi connectivity index (χ0) is 14.4. The standard InChI is InChI=1S/C14H10N4O2/c15-9-11-1-3-12(4-2-11)10-16-17-13-5-7-14(8-6-13)18(19)20/h1-8,10,17H. The SMILES string of the molecule is N#Cc1ccc(C=NNc2ccc([N+](=O)[O-])cc2)cc1. The molecule has 0 saturated heterocycles. The van der Waals surface area contributed by atoms with Crippen molar-refractivity contribution in [2.75, 3.05) is 5.43 Å². The Morgan fingerprint density at radius 2 is 1.80 bits per heavy atom. The van der Waals surface area contributed by atoms with Gasteiger partial charge in [-0.25, -0.2) is 0 Å². The van der Waals surface area contributed by atoms with Gasteiger partial charge in [-0.3, -0.25) is 15.5 Å². The zero-order valence-electron chi connectivity index (χ0n) is 10.4. The fourth-order valence-electron chi connectivity index (χ4n) is 1.48. The van der Waals surface area contributed by atoms with Crippen molar-refractivity contribution in [3.05, 3.63) is 69.8 Å². The molecule has 1 N–H and O–H groups in total. The Kier molecular flexibility index (Phi) is 4.04. The van der Waals surface area contributed by atoms with E-state index in [4.69, 9.17) is 5.26 Å². The van der Waals surface area contributed by atoms with Crippen LogP contribution in [0, 0.1) is 21.4 Å². The first-order chi connectivity index (χ1) is 9.69. The number of rotatable bonds is 4. The highest BCUT2D eigenvalue weighted by Gasteiger charge is 2.02. The average Bonchev–Trinajstić information content (AvgIpc) is 2.48. The summed E-state index contributed by atoms with van der Waals surface area (Å²) in [6, 6.07) is 15.0. The third-order valence-electron chi connectivity index (χ3n) is 2.53. The second-order valence-electron chi connectivity index (χ2n) is 3.91. The van der Waals surface area contributed by atoms with Gasteiger partial charge in [0.25, 0.3) is 5.69 Å². The number of hydrogen-bond acceptors (Lipinski definition) is 5. The Morgan fingerprint density at radius 3 is 2.35 bits per heavy atom. The summed E-state index contributed by atoms with van der Waals surface area (Å²) in [5.41, 5.74) is 4.89. The number of hydrogen-bond donors (Lipinski definition) is 1. The molecule has 2 rings (SSSR count). The van der Waals surface area contributed by atoms with Crippen LogP contribution in [0.4, 0.5) is 11.4 Å². The van der Waals surface area contributed by atoms with Gasteiger partial charge in [-0.2, -0.15) is 10.4 Å². The number of nitro groups is 1. The van der Waals surface area contributed by atoms with Gasteiger partial charge >= 0.3 is 0 Å². The lowest BCUT2D eigenvalue weighted by atomic mass is 10.2. The number of benzene rings is 2. The minimum Gasteiger partial charge on any atom is -0.278 e. The molecular formula is C14H10N4O2. The largest absolute Gasteiger partial charge is 0.278 e. The molecule has 2 aromatic rings. The Labute approximate surface area is 115 Å². The molecule has 20 heavy (non-hydrogen) atoms. The molecule has 98 valence electrons. The molecule has 0 amide bonds. The fraction of sp³-hybridized carbons (Fsp3) is 0. The van der Waals surface area contributed by atoms with Gasteiger partial charge in [0.15, 0.2) is 0 Å². The predicted octanol–water partition coefficient (Wildman–Crippen LogP) is 2.91. The Hall–Kier alpha value is -3.20. The summed E-state index contributed by atoms with van der Waals surface area (Å²) in [5, 5.41) is 23.2. The first-order valence-electron chi connectivity index (χ1n) is 5.73. The Balaban J connectivity index is 1.98. The molecule has 0 atom stereocenters. The highest BCUT2D eigenvalue weighted by Crippen LogP contribution is 2.15. The fourth-order valence-corrected chi connectivity index (χ4v) is 1.48. The lowest BCUT2D eigenvalue weighted by Gasteiger charge is -1.99. The smallest absolute Gasteiger partial charge is 0.269 e. The van der Waals surface area contributed by atoms with E-state index in [1.165, 1.54) is 12.1 Å². The second-order valence-corrected chi connectivity index (χ2v) is 3.91. The lowest BCUT2D eigenvalue weighted by Crippen LogP contribution is -1.92. The summed E-state index contributed by atoms with van der Waals surface area (Å²) in [5.74, 6) is 0. The van der Waals surface area contributed by atoms with Crippen LogP contribution in [0.5, 0.6) is 0 Å². The van der Waals surface area contributed by atoms with Gasteiger partial charge in [0.05, 0.1) is 28.5 Å². The molecule has 0 aliphatic heterocycles. The average molecular weight is 266 g/mol. The zero-order valence-corrected chi connectivity index (χ0v) is 10.4. The van der Waals surface area contributed by atoms with Crippen LogP contribution in [0.25, 0.3) is 0 Å². The quantitative estimate of drug-likeness (QED) is 0.523. The molecule has 0 saturated carbocycles. The van der Waals surface area contributed by atoms with Crippen LogP contribution in [0.1, 0.15) is 11.1 Å². The van der Waals surface area contributed by atoms with Crippen molar-refractivity contribution in [2.24, 2.45) is 5.10 Å². The maximum absolute atomic E-state index is 10.5. The molecule has 0 aliphatic carbocycles. The van der Waals surface area contributed by atoms with Crippen LogP contribution in [-0.4, -0.2) is 11.1 Å². The second kappa shape index (κ2) is 6.11. The van der Waals surface area contributed by atoms with Crippen molar-refractivity contribution < 1.29 is 4.92 Å². The number of anilines is 1. The third-order valence-corrected chi connectivity index (χ3v) is 2.53. The van der Waals surface area contributed by atoms with E-state index in [9.17, 15) is 10.1 Å². The van der Waals surface area contributed by atoms with E-state index >= 15 is 0 Å². The minimum absolute atomic E-state index is 0.0339. The molecular weight excluding hydrogens is 256 g/mol. The number of hydrazone groups is 1. The van der Waals surface area contributed by atoms with Crippen molar-refractivity contribution in [3.63, 3.8) is 0 Å². The highest BCUT2D eigenvalue weighted by molar-refractivity contribution is 5.80. The molecule has 0 unspecified atom stereocenters. The normalized spacial score (nSPS) is 10.2. The number of nitro benzene ring substituents is 1. The van der Waals surface area contributed by atoms with Gasteiger partial charge < -0.3 is 0 Å². The number of nitriles is 1. The van der Waals surface area contributed by atoms with Crippen LogP contribution >= 0.6 is 0 Å². The maximum atomic E-state index is 10.5. The van der Waals surface area contributed by atoms with Crippen molar-refractivity contribution in [1.82, 2.24) is 0 Å². The van der Waals surface area contributed by atoms with E-state index in [1.807, 2.05) is 6.07 Å². The molecule has 6 nitrogen and oxygen atoms in total. The summed E-state index contributed by atoms with van der Waals surface area (Å²) >= 11 is 0. The van der Waals surface area contributed by atoms with E-state index in [0.29, 0.717) is 11.3 Å². The van der Waals surface area contributed by atoms with Crippen LogP contribution < -0.4 is 5.43 Å². The van der Waals surface area contributed by atoms with Crippen molar-refractivity contribution in [2.45, 2.75) is 0 Å². The summed E-state index contributed by atoms with van der Waals surface area (Å²) < 4.78 is 0. The van der Waals surface area contributed by atoms with Gasteiger partial charge in [0.1, 0.15) is 0 Å². The molecule has 6 heteroatoms. The predicted molar refractivity (Wildman–Crippen MR) is 75.5 cm³/mol. The molecule has 0 radical (unpaired) electrons. The van der Waals surface area contributed by atoms with Crippen LogP contribution in [-0.2, 0) is 0 Å². The Morgan fingerprint density at radius 1 is 1.15 bits per heavy atom. The third kappa shape index (κ3) is 3.40. The van der Waals surface area contributed by atoms with Crippen LogP contribution in [0.15, 0.2) is 53.6 Å². The molecule has 0 fully saturated rings. The first kappa shape index (κ1) is 13.2. The highest BCUT2D eigenvalue weighted by atomic mass is 16.6. The topological polar surface area (TPSA) is 91.3 Å². The summed E-state index contributed by atoms with van der Waals surface area (Å²) in [4.78, 5) is 10.0. The summed E-state index contributed by atoms with van der Waals surface area (Å²) in [7, 11) is 0. The molecule has 0 bridgehead atoms. The maximum Gasteiger partial charge on any atom is 0.269 e. The van der Waals surface area contributed by atoms with E-state index < -0.39 is 4.92 Å². The molecule has 0 spiro atoms. The monoisotopic (exact) mass is 266 g/mol. The number of nitrogens with one attached hydrogen (secondary N) is 1. The van der Waals surface area contributed by atoms with Gasteiger partial charge in [0, 0.05) is 12.1 Å². The van der Waals surface area contributed by atoms with Gasteiger partial charge in [0.2, 0.25) is 0 Å². The van der Waals surface area contributed by atoms with E-state index in [0.717, 1.165) is 5.56 Å².